The van der Waals surface area contributed by atoms with Gasteiger partial charge in [-0.1, -0.05) is 0 Å². The van der Waals surface area contributed by atoms with Gasteiger partial charge in [0, 0.05) is 18.1 Å². The van der Waals surface area contributed by atoms with Crippen molar-refractivity contribution in [3.8, 4) is 0 Å². The van der Waals surface area contributed by atoms with Gasteiger partial charge in [-0.2, -0.15) is 0 Å². The first-order chi connectivity index (χ1) is 9.73. The summed E-state index contributed by atoms with van der Waals surface area (Å²) in [5.41, 5.74) is -0.232. The lowest BCUT2D eigenvalue weighted by molar-refractivity contribution is -0.127. The summed E-state index contributed by atoms with van der Waals surface area (Å²) in [6.07, 6.45) is 1.50. The number of piperidine rings is 1. The summed E-state index contributed by atoms with van der Waals surface area (Å²) in [5.74, 6) is 0.0271. The molecule has 0 aliphatic carbocycles. The first-order valence-corrected chi connectivity index (χ1v) is 7.72. The van der Waals surface area contributed by atoms with Crippen LogP contribution in [0.3, 0.4) is 0 Å². The fourth-order valence-electron chi connectivity index (χ4n) is 2.46. The van der Waals surface area contributed by atoms with Crippen molar-refractivity contribution in [1.29, 1.82) is 0 Å². The molecule has 2 amide bonds. The van der Waals surface area contributed by atoms with Crippen LogP contribution in [0, 0.1) is 0 Å². The third-order valence-electron chi connectivity index (χ3n) is 3.48. The lowest BCUT2D eigenvalue weighted by Gasteiger charge is -2.37. The van der Waals surface area contributed by atoms with Crippen LogP contribution in [0.5, 0.6) is 0 Å². The zero-order valence-corrected chi connectivity index (χ0v) is 13.9. The quantitative estimate of drug-likeness (QED) is 0.825. The van der Waals surface area contributed by atoms with Crippen LogP contribution in [0.2, 0.25) is 0 Å². The van der Waals surface area contributed by atoms with E-state index in [0.29, 0.717) is 13.2 Å². The number of nitrogens with zero attached hydrogens (tertiary/aromatic N) is 1. The molecule has 1 aliphatic rings. The number of nitrogens with one attached hydrogen (secondary N) is 2. The zero-order chi connectivity index (χ0) is 16.0. The van der Waals surface area contributed by atoms with Crippen molar-refractivity contribution in [3.05, 3.63) is 0 Å². The Labute approximate surface area is 127 Å². The van der Waals surface area contributed by atoms with Crippen molar-refractivity contribution < 1.29 is 14.3 Å². The third kappa shape index (κ3) is 6.33. The van der Waals surface area contributed by atoms with Crippen LogP contribution in [0.15, 0.2) is 0 Å². The molecule has 0 unspecified atom stereocenters. The van der Waals surface area contributed by atoms with Gasteiger partial charge in [0.05, 0.1) is 12.6 Å². The van der Waals surface area contributed by atoms with Crippen molar-refractivity contribution in [1.82, 2.24) is 15.5 Å². The highest BCUT2D eigenvalue weighted by atomic mass is 16.5. The highest BCUT2D eigenvalue weighted by molar-refractivity contribution is 5.82. The van der Waals surface area contributed by atoms with Crippen molar-refractivity contribution in [2.75, 3.05) is 19.7 Å². The Morgan fingerprint density at radius 1 is 1.38 bits per heavy atom. The number of carbonyl (C=O) groups excluding carboxylic acids is 2. The monoisotopic (exact) mass is 299 g/mol. The van der Waals surface area contributed by atoms with Crippen molar-refractivity contribution in [3.63, 3.8) is 0 Å². The molecule has 0 radical (unpaired) electrons. The molecule has 6 heteroatoms. The summed E-state index contributed by atoms with van der Waals surface area (Å²) in [5, 5.41) is 5.86. The molecule has 2 atom stereocenters. The Kier molecular flexibility index (Phi) is 6.45. The van der Waals surface area contributed by atoms with Gasteiger partial charge in [-0.3, -0.25) is 9.69 Å². The van der Waals surface area contributed by atoms with Gasteiger partial charge < -0.3 is 15.4 Å². The lowest BCUT2D eigenvalue weighted by atomic mass is 10.0. The first kappa shape index (κ1) is 17.8. The Morgan fingerprint density at radius 2 is 2.05 bits per heavy atom. The minimum atomic E-state index is -0.379. The van der Waals surface area contributed by atoms with E-state index in [1.165, 1.54) is 0 Å². The van der Waals surface area contributed by atoms with E-state index < -0.39 is 0 Å². The van der Waals surface area contributed by atoms with Gasteiger partial charge in [0.2, 0.25) is 5.91 Å². The van der Waals surface area contributed by atoms with Crippen molar-refractivity contribution in [2.45, 2.75) is 65.1 Å². The minimum absolute atomic E-state index is 0.0271. The molecule has 0 bridgehead atoms. The normalized spacial score (nSPS) is 21.5. The standard InChI is InChI=1S/C15H29N3O3/c1-6-21-14(20)16-12-8-7-9-18(10-12)11(2)13(19)17-15(3,4)5/h11-12H,6-10H2,1-5H3,(H,16,20)(H,17,19)/t11-,12-/m1/s1. The van der Waals surface area contributed by atoms with Crippen molar-refractivity contribution >= 4 is 12.0 Å². The largest absolute Gasteiger partial charge is 0.450 e. The van der Waals surface area contributed by atoms with E-state index in [9.17, 15) is 9.59 Å². The van der Waals surface area contributed by atoms with Crippen LogP contribution in [-0.4, -0.2) is 54.2 Å². The summed E-state index contributed by atoms with van der Waals surface area (Å²) < 4.78 is 4.91. The van der Waals surface area contributed by atoms with Crippen LogP contribution in [0.25, 0.3) is 0 Å². The number of carbonyl (C=O) groups is 2. The van der Waals surface area contributed by atoms with Gasteiger partial charge >= 0.3 is 6.09 Å². The summed E-state index contributed by atoms with van der Waals surface area (Å²) in [6, 6.07) is -0.154. The molecular formula is C15H29N3O3. The molecule has 0 aromatic heterocycles. The fourth-order valence-corrected chi connectivity index (χ4v) is 2.46. The second-order valence-electron chi connectivity index (χ2n) is 6.61. The zero-order valence-electron chi connectivity index (χ0n) is 13.9. The molecule has 2 N–H and O–H groups in total. The second kappa shape index (κ2) is 7.64. The molecule has 6 nitrogen and oxygen atoms in total. The molecular weight excluding hydrogens is 270 g/mol. The van der Waals surface area contributed by atoms with E-state index in [-0.39, 0.29) is 29.6 Å². The number of hydrogen-bond acceptors (Lipinski definition) is 4. The number of hydrogen-bond donors (Lipinski definition) is 2. The summed E-state index contributed by atoms with van der Waals surface area (Å²) in [4.78, 5) is 25.8. The number of likely N-dealkylation sites (tertiary alicyclic amines) is 1. The maximum atomic E-state index is 12.2. The first-order valence-electron chi connectivity index (χ1n) is 7.72. The van der Waals surface area contributed by atoms with E-state index in [0.717, 1.165) is 19.4 Å². The molecule has 0 spiro atoms. The average molecular weight is 299 g/mol. The van der Waals surface area contributed by atoms with E-state index in [1.54, 1.807) is 6.92 Å². The van der Waals surface area contributed by atoms with Crippen molar-refractivity contribution in [2.24, 2.45) is 0 Å². The van der Waals surface area contributed by atoms with E-state index in [1.807, 2.05) is 27.7 Å². The summed E-state index contributed by atoms with van der Waals surface area (Å²) in [7, 11) is 0. The topological polar surface area (TPSA) is 70.7 Å². The Balaban J connectivity index is 2.51. The predicted octanol–water partition coefficient (Wildman–Crippen LogP) is 1.50. The molecule has 1 heterocycles. The molecule has 122 valence electrons. The molecule has 0 aromatic rings. The summed E-state index contributed by atoms with van der Waals surface area (Å²) in [6.45, 7) is 11.5. The Morgan fingerprint density at radius 3 is 2.62 bits per heavy atom. The van der Waals surface area contributed by atoms with Crippen LogP contribution in [0.4, 0.5) is 4.79 Å². The molecule has 0 saturated carbocycles. The highest BCUT2D eigenvalue weighted by Crippen LogP contribution is 2.14. The number of ether oxygens (including phenoxy) is 1. The highest BCUT2D eigenvalue weighted by Gasteiger charge is 2.29. The summed E-state index contributed by atoms with van der Waals surface area (Å²) >= 11 is 0. The smallest absolute Gasteiger partial charge is 0.407 e. The van der Waals surface area contributed by atoms with Gasteiger partial charge in [-0.05, 0) is 54.0 Å². The third-order valence-corrected chi connectivity index (χ3v) is 3.48. The molecule has 1 rings (SSSR count). The maximum absolute atomic E-state index is 12.2. The van der Waals surface area contributed by atoms with Gasteiger partial charge in [0.25, 0.3) is 0 Å². The molecule has 1 aliphatic heterocycles. The van der Waals surface area contributed by atoms with Gasteiger partial charge in [-0.15, -0.1) is 0 Å². The second-order valence-corrected chi connectivity index (χ2v) is 6.61. The van der Waals surface area contributed by atoms with Gasteiger partial charge in [0.15, 0.2) is 0 Å². The molecule has 1 saturated heterocycles. The maximum Gasteiger partial charge on any atom is 0.407 e. The predicted molar refractivity (Wildman–Crippen MR) is 82.1 cm³/mol. The number of rotatable bonds is 4. The molecule has 21 heavy (non-hydrogen) atoms. The van der Waals surface area contributed by atoms with Crippen LogP contribution < -0.4 is 10.6 Å². The fraction of sp³-hybridized carbons (Fsp3) is 0.867. The van der Waals surface area contributed by atoms with Crippen LogP contribution in [-0.2, 0) is 9.53 Å². The minimum Gasteiger partial charge on any atom is -0.450 e. The van der Waals surface area contributed by atoms with E-state index in [2.05, 4.69) is 15.5 Å². The molecule has 1 fully saturated rings. The Bertz CT molecular complexity index is 366. The average Bonchev–Trinajstić information content (AvgIpc) is 2.36. The SMILES string of the molecule is CCOC(=O)N[C@@H]1CCCN([C@H](C)C(=O)NC(C)(C)C)C1. The number of alkyl carbamates (subject to hydrolysis) is 1. The van der Waals surface area contributed by atoms with Crippen LogP contribution >= 0.6 is 0 Å². The van der Waals surface area contributed by atoms with Gasteiger partial charge in [0.1, 0.15) is 0 Å². The Hall–Kier alpha value is -1.30. The lowest BCUT2D eigenvalue weighted by Crippen LogP contribution is -2.56. The van der Waals surface area contributed by atoms with Gasteiger partial charge in [-0.25, -0.2) is 4.79 Å². The van der Waals surface area contributed by atoms with E-state index in [4.69, 9.17) is 4.74 Å². The molecule has 0 aromatic carbocycles. The number of amides is 2. The van der Waals surface area contributed by atoms with Crippen LogP contribution in [0.1, 0.15) is 47.5 Å². The van der Waals surface area contributed by atoms with E-state index >= 15 is 0 Å².